The second kappa shape index (κ2) is 5.42. The summed E-state index contributed by atoms with van der Waals surface area (Å²) in [5.74, 6) is 0. The minimum Gasteiger partial charge on any atom is -0.388 e. The first-order valence-corrected chi connectivity index (χ1v) is 6.40. The Morgan fingerprint density at radius 2 is 1.75 bits per heavy atom. The van der Waals surface area contributed by atoms with Crippen LogP contribution in [-0.2, 0) is 0 Å². The van der Waals surface area contributed by atoms with Crippen molar-refractivity contribution < 1.29 is 4.92 Å². The number of rotatable bonds is 4. The van der Waals surface area contributed by atoms with Crippen LogP contribution in [-0.4, -0.2) is 26.1 Å². The van der Waals surface area contributed by atoms with Crippen LogP contribution in [0.15, 0.2) is 18.2 Å². The third kappa shape index (κ3) is 1.98. The summed E-state index contributed by atoms with van der Waals surface area (Å²) in [6.07, 6.45) is 0. The summed E-state index contributed by atoms with van der Waals surface area (Å²) in [5.41, 5.74) is 1.64. The summed E-state index contributed by atoms with van der Waals surface area (Å²) >= 11 is 6.42. The molecule has 106 valence electrons. The molecule has 20 heavy (non-hydrogen) atoms. The zero-order chi connectivity index (χ0) is 14.9. The maximum atomic E-state index is 11.4. The van der Waals surface area contributed by atoms with Gasteiger partial charge in [-0.2, -0.15) is 0 Å². The van der Waals surface area contributed by atoms with E-state index in [0.29, 0.717) is 27.2 Å². The van der Waals surface area contributed by atoms with Crippen LogP contribution in [0.3, 0.4) is 0 Å². The van der Waals surface area contributed by atoms with Crippen LogP contribution >= 0.6 is 11.6 Å². The lowest BCUT2D eigenvalue weighted by Gasteiger charge is -2.16. The smallest absolute Gasteiger partial charge is 0.302 e. The van der Waals surface area contributed by atoms with Crippen LogP contribution in [0, 0.1) is 10.1 Å². The highest BCUT2D eigenvalue weighted by atomic mass is 35.5. The van der Waals surface area contributed by atoms with Gasteiger partial charge in [-0.3, -0.25) is 10.1 Å². The lowest BCUT2D eigenvalue weighted by atomic mass is 10.0. The lowest BCUT2D eigenvalue weighted by molar-refractivity contribution is -0.382. The quantitative estimate of drug-likeness (QED) is 0.594. The molecule has 0 spiro atoms. The normalized spacial score (nSPS) is 10.4. The Morgan fingerprint density at radius 3 is 2.25 bits per heavy atom. The maximum Gasteiger partial charge on any atom is 0.302 e. The highest BCUT2D eigenvalue weighted by Crippen LogP contribution is 2.47. The molecular weight excluding hydrogens is 280 g/mol. The van der Waals surface area contributed by atoms with E-state index >= 15 is 0 Å². The van der Waals surface area contributed by atoms with E-state index in [0.717, 1.165) is 5.69 Å². The van der Waals surface area contributed by atoms with E-state index in [-0.39, 0.29) is 5.69 Å². The number of nitro benzene ring substituents is 1. The lowest BCUT2D eigenvalue weighted by Crippen LogP contribution is -2.04. The molecule has 0 radical (unpaired) electrons. The van der Waals surface area contributed by atoms with Crippen LogP contribution in [0.25, 0.3) is 10.8 Å². The fourth-order valence-corrected chi connectivity index (χ4v) is 2.74. The van der Waals surface area contributed by atoms with Crippen molar-refractivity contribution in [2.45, 2.75) is 0 Å². The Hall–Kier alpha value is -2.21. The molecule has 0 fully saturated rings. The molecule has 0 atom stereocenters. The number of hydrogen-bond donors (Lipinski definition) is 3. The van der Waals surface area contributed by atoms with Gasteiger partial charge in [-0.25, -0.2) is 0 Å². The Morgan fingerprint density at radius 1 is 1.10 bits per heavy atom. The van der Waals surface area contributed by atoms with Crippen molar-refractivity contribution in [2.75, 3.05) is 37.1 Å². The molecule has 2 aromatic rings. The highest BCUT2D eigenvalue weighted by Gasteiger charge is 2.26. The van der Waals surface area contributed by atoms with E-state index < -0.39 is 4.92 Å². The fraction of sp³-hybridized carbons (Fsp3) is 0.231. The van der Waals surface area contributed by atoms with Crippen molar-refractivity contribution >= 4 is 45.1 Å². The molecule has 2 rings (SSSR count). The second-order valence-electron chi connectivity index (χ2n) is 4.15. The molecule has 2 aromatic carbocycles. The molecule has 0 bridgehead atoms. The van der Waals surface area contributed by atoms with E-state index in [1.54, 1.807) is 33.3 Å². The molecule has 0 saturated carbocycles. The molecule has 0 saturated heterocycles. The van der Waals surface area contributed by atoms with Gasteiger partial charge in [-0.05, 0) is 12.1 Å². The van der Waals surface area contributed by atoms with Gasteiger partial charge >= 0.3 is 5.69 Å². The predicted octanol–water partition coefficient (Wildman–Crippen LogP) is 3.53. The Balaban J connectivity index is 3.06. The number of anilines is 3. The van der Waals surface area contributed by atoms with Crippen molar-refractivity contribution in [3.8, 4) is 0 Å². The molecule has 0 aliphatic carbocycles. The third-order valence-corrected chi connectivity index (χ3v) is 3.58. The van der Waals surface area contributed by atoms with E-state index in [1.165, 1.54) is 0 Å². The van der Waals surface area contributed by atoms with Gasteiger partial charge in [0.1, 0.15) is 5.69 Å². The zero-order valence-electron chi connectivity index (χ0n) is 11.4. The number of hydrogen-bond acceptors (Lipinski definition) is 5. The van der Waals surface area contributed by atoms with Gasteiger partial charge in [0.15, 0.2) is 0 Å². The number of benzene rings is 2. The van der Waals surface area contributed by atoms with E-state index in [4.69, 9.17) is 11.6 Å². The molecule has 0 aromatic heterocycles. The first-order chi connectivity index (χ1) is 9.56. The minimum absolute atomic E-state index is 0.00773. The van der Waals surface area contributed by atoms with Gasteiger partial charge in [0.05, 0.1) is 21.0 Å². The van der Waals surface area contributed by atoms with Gasteiger partial charge in [0.25, 0.3) is 0 Å². The number of nitrogens with zero attached hydrogens (tertiary/aromatic N) is 1. The summed E-state index contributed by atoms with van der Waals surface area (Å²) in [6.45, 7) is 0. The van der Waals surface area contributed by atoms with Crippen LogP contribution < -0.4 is 16.0 Å². The molecule has 0 heterocycles. The standard InChI is InChI=1S/C13H15ClN4O2/c1-15-8-6-4-5-7-9(8)10(14)11(16-2)12(17-3)13(7)18(19)20/h4-6,15-17H,1-3H3. The van der Waals surface area contributed by atoms with Crippen LogP contribution in [0.4, 0.5) is 22.7 Å². The molecule has 0 amide bonds. The average molecular weight is 295 g/mol. The first kappa shape index (κ1) is 14.2. The van der Waals surface area contributed by atoms with Gasteiger partial charge < -0.3 is 16.0 Å². The molecule has 0 aliphatic heterocycles. The number of nitrogens with one attached hydrogen (secondary N) is 3. The Kier molecular flexibility index (Phi) is 3.85. The van der Waals surface area contributed by atoms with Gasteiger partial charge in [0, 0.05) is 32.2 Å². The van der Waals surface area contributed by atoms with Crippen LogP contribution in [0.5, 0.6) is 0 Å². The highest BCUT2D eigenvalue weighted by molar-refractivity contribution is 6.41. The zero-order valence-corrected chi connectivity index (χ0v) is 12.1. The van der Waals surface area contributed by atoms with E-state index in [1.807, 2.05) is 6.07 Å². The fourth-order valence-electron chi connectivity index (χ4n) is 2.35. The van der Waals surface area contributed by atoms with Crippen LogP contribution in [0.1, 0.15) is 0 Å². The van der Waals surface area contributed by atoms with Crippen molar-refractivity contribution in [1.29, 1.82) is 0 Å². The molecule has 3 N–H and O–H groups in total. The maximum absolute atomic E-state index is 11.4. The van der Waals surface area contributed by atoms with Crippen molar-refractivity contribution in [3.63, 3.8) is 0 Å². The van der Waals surface area contributed by atoms with Crippen molar-refractivity contribution in [1.82, 2.24) is 0 Å². The topological polar surface area (TPSA) is 79.2 Å². The average Bonchev–Trinajstić information content (AvgIpc) is 2.45. The van der Waals surface area contributed by atoms with Crippen molar-refractivity contribution in [2.24, 2.45) is 0 Å². The second-order valence-corrected chi connectivity index (χ2v) is 4.53. The largest absolute Gasteiger partial charge is 0.388 e. The summed E-state index contributed by atoms with van der Waals surface area (Å²) < 4.78 is 0. The van der Waals surface area contributed by atoms with Gasteiger partial charge in [0.2, 0.25) is 0 Å². The van der Waals surface area contributed by atoms with E-state index in [9.17, 15) is 10.1 Å². The monoisotopic (exact) mass is 294 g/mol. The molecular formula is C13H15ClN4O2. The third-order valence-electron chi connectivity index (χ3n) is 3.20. The van der Waals surface area contributed by atoms with Gasteiger partial charge in [-0.1, -0.05) is 17.7 Å². The van der Waals surface area contributed by atoms with Gasteiger partial charge in [-0.15, -0.1) is 0 Å². The predicted molar refractivity (Wildman–Crippen MR) is 84.3 cm³/mol. The van der Waals surface area contributed by atoms with E-state index in [2.05, 4.69) is 16.0 Å². The summed E-state index contributed by atoms with van der Waals surface area (Å²) in [5, 5.41) is 21.8. The molecule has 0 unspecified atom stereocenters. The first-order valence-electron chi connectivity index (χ1n) is 6.02. The minimum atomic E-state index is -0.398. The Bertz CT molecular complexity index is 688. The molecule has 0 aliphatic rings. The summed E-state index contributed by atoms with van der Waals surface area (Å²) in [6, 6.07) is 5.28. The van der Waals surface area contributed by atoms with Crippen LogP contribution in [0.2, 0.25) is 5.02 Å². The Labute approximate surface area is 121 Å². The number of halogens is 1. The summed E-state index contributed by atoms with van der Waals surface area (Å²) in [4.78, 5) is 11.0. The SMILES string of the molecule is CNc1c(NC)c(Cl)c2c(NC)cccc2c1[N+](=O)[O-]. The number of fused-ring (bicyclic) bond motifs is 1. The van der Waals surface area contributed by atoms with Crippen molar-refractivity contribution in [3.05, 3.63) is 33.3 Å². The summed E-state index contributed by atoms with van der Waals surface area (Å²) in [7, 11) is 5.06. The number of nitro groups is 1. The molecule has 7 heteroatoms. The molecule has 6 nitrogen and oxygen atoms in total.